The molecule has 2 N–H and O–H groups in total. The van der Waals surface area contributed by atoms with Crippen LogP contribution in [0.15, 0.2) is 24.3 Å². The Balaban J connectivity index is 2.04. The van der Waals surface area contributed by atoms with Crippen molar-refractivity contribution in [3.63, 3.8) is 0 Å². The number of amides is 1. The van der Waals surface area contributed by atoms with Gasteiger partial charge in [0.25, 0.3) is 0 Å². The number of hydrogen-bond acceptors (Lipinski definition) is 2. The van der Waals surface area contributed by atoms with Crippen LogP contribution in [0.2, 0.25) is 0 Å². The van der Waals surface area contributed by atoms with Gasteiger partial charge < -0.3 is 10.6 Å². The zero-order valence-corrected chi connectivity index (χ0v) is 9.55. The average Bonchev–Trinajstić information content (AvgIpc) is 2.32. The smallest absolute Gasteiger partial charge is 0.353 e. The molecule has 1 amide bonds. The lowest BCUT2D eigenvalue weighted by Gasteiger charge is -2.23. The van der Waals surface area contributed by atoms with Gasteiger partial charge in [-0.05, 0) is 24.1 Å². The Morgan fingerprint density at radius 3 is 2.39 bits per heavy atom. The van der Waals surface area contributed by atoms with E-state index in [1.165, 1.54) is 12.1 Å². The molecule has 1 fully saturated rings. The lowest BCUT2D eigenvalue weighted by Crippen LogP contribution is -2.53. The van der Waals surface area contributed by atoms with Gasteiger partial charge in [0.2, 0.25) is 5.91 Å². The van der Waals surface area contributed by atoms with Crippen LogP contribution in [-0.4, -0.2) is 25.0 Å². The summed E-state index contributed by atoms with van der Waals surface area (Å²) in [5.74, 6) is -0.110. The average molecular weight is 258 g/mol. The van der Waals surface area contributed by atoms with Crippen molar-refractivity contribution in [3.8, 4) is 0 Å². The quantitative estimate of drug-likeness (QED) is 0.840. The fraction of sp³-hybridized carbons (Fsp3) is 0.417. The minimum Gasteiger partial charge on any atom is -0.353 e. The predicted molar refractivity (Wildman–Crippen MR) is 59.9 cm³/mol. The summed E-state index contributed by atoms with van der Waals surface area (Å²) >= 11 is 0. The van der Waals surface area contributed by atoms with E-state index in [1.54, 1.807) is 0 Å². The fourth-order valence-corrected chi connectivity index (χ4v) is 1.88. The summed E-state index contributed by atoms with van der Waals surface area (Å²) in [6.07, 6.45) is -3.93. The first-order valence-corrected chi connectivity index (χ1v) is 5.64. The standard InChI is InChI=1S/C12H13F3N2O/c13-12(14,15)9-3-1-8(2-4-9)7-10-11(18)17-6-5-16-10/h1-4,10,16H,5-7H2,(H,17,18)/t10-/m1/s1. The molecular weight excluding hydrogens is 245 g/mol. The first-order chi connectivity index (χ1) is 8.47. The molecule has 0 aliphatic carbocycles. The Hall–Kier alpha value is -1.56. The van der Waals surface area contributed by atoms with E-state index in [0.29, 0.717) is 25.1 Å². The highest BCUT2D eigenvalue weighted by molar-refractivity contribution is 5.82. The second-order valence-electron chi connectivity index (χ2n) is 4.20. The van der Waals surface area contributed by atoms with E-state index < -0.39 is 11.7 Å². The van der Waals surface area contributed by atoms with Crippen LogP contribution >= 0.6 is 0 Å². The Morgan fingerprint density at radius 1 is 1.17 bits per heavy atom. The summed E-state index contributed by atoms with van der Waals surface area (Å²) in [6.45, 7) is 1.26. The molecule has 1 saturated heterocycles. The van der Waals surface area contributed by atoms with Crippen molar-refractivity contribution in [2.45, 2.75) is 18.6 Å². The molecule has 1 heterocycles. The van der Waals surface area contributed by atoms with E-state index in [9.17, 15) is 18.0 Å². The molecule has 1 atom stereocenters. The highest BCUT2D eigenvalue weighted by atomic mass is 19.4. The highest BCUT2D eigenvalue weighted by Gasteiger charge is 2.30. The van der Waals surface area contributed by atoms with E-state index in [0.717, 1.165) is 12.1 Å². The molecule has 1 aromatic rings. The summed E-state index contributed by atoms with van der Waals surface area (Å²) in [4.78, 5) is 11.5. The molecule has 1 aromatic carbocycles. The van der Waals surface area contributed by atoms with Crippen LogP contribution in [-0.2, 0) is 17.4 Å². The Morgan fingerprint density at radius 2 is 1.83 bits per heavy atom. The second kappa shape index (κ2) is 4.97. The van der Waals surface area contributed by atoms with Crippen molar-refractivity contribution >= 4 is 5.91 Å². The van der Waals surface area contributed by atoms with E-state index in [-0.39, 0.29) is 11.9 Å². The van der Waals surface area contributed by atoms with Crippen molar-refractivity contribution in [2.24, 2.45) is 0 Å². The molecule has 0 bridgehead atoms. The van der Waals surface area contributed by atoms with Crippen LogP contribution in [0.5, 0.6) is 0 Å². The van der Waals surface area contributed by atoms with Crippen molar-refractivity contribution < 1.29 is 18.0 Å². The maximum Gasteiger partial charge on any atom is 0.416 e. The Bertz CT molecular complexity index is 428. The lowest BCUT2D eigenvalue weighted by atomic mass is 10.0. The van der Waals surface area contributed by atoms with Crippen molar-refractivity contribution in [2.75, 3.05) is 13.1 Å². The third kappa shape index (κ3) is 3.01. The third-order valence-corrected chi connectivity index (χ3v) is 2.85. The molecule has 3 nitrogen and oxygen atoms in total. The molecule has 0 spiro atoms. The molecule has 6 heteroatoms. The van der Waals surface area contributed by atoms with Crippen LogP contribution in [0.3, 0.4) is 0 Å². The molecule has 0 radical (unpaired) electrons. The van der Waals surface area contributed by atoms with Crippen LogP contribution in [0.25, 0.3) is 0 Å². The predicted octanol–water partition coefficient (Wildman–Crippen LogP) is 1.34. The van der Waals surface area contributed by atoms with E-state index in [1.807, 2.05) is 0 Å². The molecule has 1 aliphatic heterocycles. The zero-order valence-electron chi connectivity index (χ0n) is 9.55. The summed E-state index contributed by atoms with van der Waals surface area (Å²) in [5, 5.41) is 5.73. The van der Waals surface area contributed by atoms with Gasteiger partial charge in [0.05, 0.1) is 11.6 Å². The minimum absolute atomic E-state index is 0.110. The summed E-state index contributed by atoms with van der Waals surface area (Å²) < 4.78 is 37.1. The van der Waals surface area contributed by atoms with E-state index in [4.69, 9.17) is 0 Å². The normalized spacial score (nSPS) is 20.6. The van der Waals surface area contributed by atoms with E-state index in [2.05, 4.69) is 10.6 Å². The lowest BCUT2D eigenvalue weighted by molar-refractivity contribution is -0.137. The largest absolute Gasteiger partial charge is 0.416 e. The van der Waals surface area contributed by atoms with Crippen molar-refractivity contribution in [3.05, 3.63) is 35.4 Å². The van der Waals surface area contributed by atoms with Crippen LogP contribution in [0, 0.1) is 0 Å². The maximum atomic E-state index is 12.4. The molecule has 18 heavy (non-hydrogen) atoms. The summed E-state index contributed by atoms with van der Waals surface area (Å²) in [7, 11) is 0. The molecule has 1 aliphatic rings. The summed E-state index contributed by atoms with van der Waals surface area (Å²) in [5.41, 5.74) is 0.0323. The van der Waals surface area contributed by atoms with Crippen LogP contribution in [0.1, 0.15) is 11.1 Å². The van der Waals surface area contributed by atoms with Gasteiger partial charge in [-0.1, -0.05) is 12.1 Å². The number of carbonyl (C=O) groups is 1. The molecule has 98 valence electrons. The van der Waals surface area contributed by atoms with Crippen molar-refractivity contribution in [1.82, 2.24) is 10.6 Å². The number of halogens is 3. The number of nitrogens with one attached hydrogen (secondary N) is 2. The number of hydrogen-bond donors (Lipinski definition) is 2. The Kier molecular flexibility index (Phi) is 3.56. The van der Waals surface area contributed by atoms with Crippen LogP contribution < -0.4 is 10.6 Å². The van der Waals surface area contributed by atoms with Gasteiger partial charge in [-0.25, -0.2) is 0 Å². The second-order valence-corrected chi connectivity index (χ2v) is 4.20. The SMILES string of the molecule is O=C1NCCN[C@@H]1Cc1ccc(C(F)(F)F)cc1. The number of piperazine rings is 1. The number of carbonyl (C=O) groups excluding carboxylic acids is 1. The highest BCUT2D eigenvalue weighted by Crippen LogP contribution is 2.29. The van der Waals surface area contributed by atoms with Gasteiger partial charge in [0.15, 0.2) is 0 Å². The molecule has 2 rings (SSSR count). The Labute approximate surface area is 102 Å². The third-order valence-electron chi connectivity index (χ3n) is 2.85. The monoisotopic (exact) mass is 258 g/mol. The molecule has 0 aromatic heterocycles. The van der Waals surface area contributed by atoms with Gasteiger partial charge in [-0.2, -0.15) is 13.2 Å². The molecule has 0 unspecified atom stereocenters. The minimum atomic E-state index is -4.32. The first-order valence-electron chi connectivity index (χ1n) is 5.64. The fourth-order valence-electron chi connectivity index (χ4n) is 1.88. The molecular formula is C12H13F3N2O. The number of benzene rings is 1. The van der Waals surface area contributed by atoms with Gasteiger partial charge in [0.1, 0.15) is 0 Å². The molecule has 0 saturated carbocycles. The maximum absolute atomic E-state index is 12.4. The topological polar surface area (TPSA) is 41.1 Å². The zero-order chi connectivity index (χ0) is 13.2. The number of alkyl halides is 3. The van der Waals surface area contributed by atoms with Crippen molar-refractivity contribution in [1.29, 1.82) is 0 Å². The van der Waals surface area contributed by atoms with Gasteiger partial charge in [0, 0.05) is 13.1 Å². The summed E-state index contributed by atoms with van der Waals surface area (Å²) in [6, 6.07) is 4.53. The van der Waals surface area contributed by atoms with E-state index >= 15 is 0 Å². The van der Waals surface area contributed by atoms with Gasteiger partial charge >= 0.3 is 6.18 Å². The van der Waals surface area contributed by atoms with Gasteiger partial charge in [-0.3, -0.25) is 4.79 Å². The first kappa shape index (κ1) is 12.9. The van der Waals surface area contributed by atoms with Gasteiger partial charge in [-0.15, -0.1) is 0 Å². The van der Waals surface area contributed by atoms with Crippen LogP contribution in [0.4, 0.5) is 13.2 Å². The number of rotatable bonds is 2.